The Labute approximate surface area is 164 Å². The number of nitriles is 1. The van der Waals surface area contributed by atoms with Gasteiger partial charge in [-0.05, 0) is 54.5 Å². The van der Waals surface area contributed by atoms with Crippen molar-refractivity contribution < 1.29 is 19.1 Å². The Morgan fingerprint density at radius 1 is 1.11 bits per heavy atom. The van der Waals surface area contributed by atoms with E-state index in [2.05, 4.69) is 5.32 Å². The van der Waals surface area contributed by atoms with Crippen LogP contribution < -0.4 is 10.1 Å². The van der Waals surface area contributed by atoms with Gasteiger partial charge in [0.1, 0.15) is 17.4 Å². The van der Waals surface area contributed by atoms with Crippen molar-refractivity contribution in [1.29, 1.82) is 5.26 Å². The lowest BCUT2D eigenvalue weighted by atomic mass is 10.1. The van der Waals surface area contributed by atoms with Gasteiger partial charge in [-0.15, -0.1) is 0 Å². The summed E-state index contributed by atoms with van der Waals surface area (Å²) < 4.78 is 10.2. The van der Waals surface area contributed by atoms with Gasteiger partial charge in [0.25, 0.3) is 5.91 Å². The van der Waals surface area contributed by atoms with Crippen LogP contribution in [0.2, 0.25) is 0 Å². The smallest absolute Gasteiger partial charge is 0.338 e. The van der Waals surface area contributed by atoms with Gasteiger partial charge in [-0.1, -0.05) is 25.5 Å². The molecule has 2 rings (SSSR count). The first kappa shape index (κ1) is 20.7. The highest BCUT2D eigenvalue weighted by Gasteiger charge is 2.11. The van der Waals surface area contributed by atoms with E-state index in [1.54, 1.807) is 55.6 Å². The maximum absolute atomic E-state index is 12.3. The first-order valence-electron chi connectivity index (χ1n) is 8.91. The molecule has 0 bridgehead atoms. The van der Waals surface area contributed by atoms with E-state index in [9.17, 15) is 14.9 Å². The molecule has 1 amide bonds. The van der Waals surface area contributed by atoms with Crippen molar-refractivity contribution >= 4 is 23.6 Å². The third kappa shape index (κ3) is 5.99. The number of amides is 1. The quantitative estimate of drug-likeness (QED) is 0.322. The first-order chi connectivity index (χ1) is 13.6. The zero-order valence-electron chi connectivity index (χ0n) is 15.9. The van der Waals surface area contributed by atoms with Crippen LogP contribution in [0.1, 0.15) is 35.7 Å². The molecule has 0 fully saturated rings. The number of hydrogen-bond donors (Lipinski definition) is 1. The fourth-order valence-corrected chi connectivity index (χ4v) is 2.30. The number of methoxy groups -OCH3 is 1. The molecule has 0 aliphatic carbocycles. The van der Waals surface area contributed by atoms with Crippen molar-refractivity contribution in [3.8, 4) is 11.8 Å². The summed E-state index contributed by atoms with van der Waals surface area (Å²) in [6.07, 6.45) is 3.26. The maximum Gasteiger partial charge on any atom is 0.338 e. The third-order valence-corrected chi connectivity index (χ3v) is 3.90. The fourth-order valence-electron chi connectivity index (χ4n) is 2.30. The molecule has 2 aromatic carbocycles. The van der Waals surface area contributed by atoms with Gasteiger partial charge in [-0.2, -0.15) is 5.26 Å². The average Bonchev–Trinajstić information content (AvgIpc) is 2.73. The number of rotatable bonds is 8. The van der Waals surface area contributed by atoms with Crippen LogP contribution in [0.3, 0.4) is 0 Å². The van der Waals surface area contributed by atoms with Crippen LogP contribution in [-0.2, 0) is 9.53 Å². The van der Waals surface area contributed by atoms with E-state index >= 15 is 0 Å². The lowest BCUT2D eigenvalue weighted by molar-refractivity contribution is -0.112. The number of ether oxygens (including phenoxy) is 2. The largest absolute Gasteiger partial charge is 0.497 e. The van der Waals surface area contributed by atoms with Crippen molar-refractivity contribution in [3.05, 3.63) is 65.2 Å². The molecule has 0 radical (unpaired) electrons. The molecule has 28 heavy (non-hydrogen) atoms. The summed E-state index contributed by atoms with van der Waals surface area (Å²) in [5.74, 6) is -0.242. The maximum atomic E-state index is 12.3. The molecule has 0 aromatic heterocycles. The molecule has 0 spiro atoms. The molecule has 0 saturated carbocycles. The van der Waals surface area contributed by atoms with Crippen LogP contribution in [0, 0.1) is 11.3 Å². The lowest BCUT2D eigenvalue weighted by Crippen LogP contribution is -2.13. The number of nitrogens with one attached hydrogen (secondary N) is 1. The van der Waals surface area contributed by atoms with E-state index in [-0.39, 0.29) is 5.57 Å². The highest BCUT2D eigenvalue weighted by atomic mass is 16.5. The van der Waals surface area contributed by atoms with Gasteiger partial charge < -0.3 is 14.8 Å². The van der Waals surface area contributed by atoms with Crippen molar-refractivity contribution in [2.24, 2.45) is 0 Å². The summed E-state index contributed by atoms with van der Waals surface area (Å²) >= 11 is 0. The average molecular weight is 378 g/mol. The molecule has 6 nitrogen and oxygen atoms in total. The summed E-state index contributed by atoms with van der Waals surface area (Å²) in [5.41, 5.74) is 1.56. The normalized spacial score (nSPS) is 10.7. The van der Waals surface area contributed by atoms with Gasteiger partial charge in [0.05, 0.1) is 19.3 Å². The van der Waals surface area contributed by atoms with E-state index in [1.807, 2.05) is 13.0 Å². The predicted octanol–water partition coefficient (Wildman–Crippen LogP) is 4.20. The first-order valence-corrected chi connectivity index (χ1v) is 8.91. The summed E-state index contributed by atoms with van der Waals surface area (Å²) in [6.45, 7) is 2.40. The molecule has 144 valence electrons. The highest BCUT2D eigenvalue weighted by molar-refractivity contribution is 6.09. The molecule has 0 heterocycles. The number of carbonyl (C=O) groups excluding carboxylic acids is 2. The van der Waals surface area contributed by atoms with Gasteiger partial charge in [-0.25, -0.2) is 4.79 Å². The third-order valence-electron chi connectivity index (χ3n) is 3.90. The number of carbonyl (C=O) groups is 2. The molecule has 0 atom stereocenters. The Bertz CT molecular complexity index is 878. The molecule has 6 heteroatoms. The molecule has 0 aliphatic rings. The number of unbranched alkanes of at least 4 members (excludes halogenated alkanes) is 1. The number of esters is 1. The second-order valence-corrected chi connectivity index (χ2v) is 5.96. The topological polar surface area (TPSA) is 88.4 Å². The Balaban J connectivity index is 2.02. The van der Waals surface area contributed by atoms with E-state index in [4.69, 9.17) is 9.47 Å². The van der Waals surface area contributed by atoms with Crippen LogP contribution in [0.4, 0.5) is 5.69 Å². The second kappa shape index (κ2) is 10.5. The summed E-state index contributed by atoms with van der Waals surface area (Å²) in [6, 6.07) is 15.2. The molecule has 0 aliphatic heterocycles. The number of hydrogen-bond acceptors (Lipinski definition) is 5. The predicted molar refractivity (Wildman–Crippen MR) is 107 cm³/mol. The van der Waals surface area contributed by atoms with Gasteiger partial charge in [-0.3, -0.25) is 4.79 Å². The van der Waals surface area contributed by atoms with E-state index < -0.39 is 11.9 Å². The van der Waals surface area contributed by atoms with Gasteiger partial charge in [0.15, 0.2) is 0 Å². The number of anilines is 1. The summed E-state index contributed by atoms with van der Waals surface area (Å²) in [5, 5.41) is 11.9. The van der Waals surface area contributed by atoms with Crippen molar-refractivity contribution in [2.75, 3.05) is 19.0 Å². The van der Waals surface area contributed by atoms with Gasteiger partial charge in [0, 0.05) is 5.69 Å². The highest BCUT2D eigenvalue weighted by Crippen LogP contribution is 2.16. The molecule has 1 N–H and O–H groups in total. The Kier molecular flexibility index (Phi) is 7.79. The summed E-state index contributed by atoms with van der Waals surface area (Å²) in [7, 11) is 1.56. The fraction of sp³-hybridized carbons (Fsp3) is 0.227. The summed E-state index contributed by atoms with van der Waals surface area (Å²) in [4.78, 5) is 24.2. The molecular weight excluding hydrogens is 356 g/mol. The minimum Gasteiger partial charge on any atom is -0.497 e. The van der Waals surface area contributed by atoms with Crippen LogP contribution in [0.25, 0.3) is 6.08 Å². The van der Waals surface area contributed by atoms with Crippen molar-refractivity contribution in [2.45, 2.75) is 19.8 Å². The second-order valence-electron chi connectivity index (χ2n) is 5.96. The van der Waals surface area contributed by atoms with E-state index in [0.29, 0.717) is 29.2 Å². The molecular formula is C22H22N2O4. The number of benzene rings is 2. The Morgan fingerprint density at radius 3 is 2.36 bits per heavy atom. The van der Waals surface area contributed by atoms with Crippen LogP contribution >= 0.6 is 0 Å². The molecule has 2 aromatic rings. The zero-order valence-corrected chi connectivity index (χ0v) is 15.9. The monoisotopic (exact) mass is 378 g/mol. The minimum atomic E-state index is -0.531. The molecule has 0 unspecified atom stereocenters. The minimum absolute atomic E-state index is 0.0341. The van der Waals surface area contributed by atoms with E-state index in [1.165, 1.54) is 6.08 Å². The van der Waals surface area contributed by atoms with Crippen molar-refractivity contribution in [1.82, 2.24) is 0 Å². The number of nitrogens with zero attached hydrogens (tertiary/aromatic N) is 1. The zero-order chi connectivity index (χ0) is 20.4. The van der Waals surface area contributed by atoms with Gasteiger partial charge >= 0.3 is 5.97 Å². The SMILES string of the molecule is CCCCOC(=O)c1ccc(NC(=O)/C(C#N)=C/c2ccc(OC)cc2)cc1. The Morgan fingerprint density at radius 2 is 1.79 bits per heavy atom. The van der Waals surface area contributed by atoms with Crippen LogP contribution in [0.15, 0.2) is 54.1 Å². The van der Waals surface area contributed by atoms with Crippen molar-refractivity contribution in [3.63, 3.8) is 0 Å². The molecule has 0 saturated heterocycles. The lowest BCUT2D eigenvalue weighted by Gasteiger charge is -2.07. The Hall–Kier alpha value is -3.59. The van der Waals surface area contributed by atoms with Crippen LogP contribution in [-0.4, -0.2) is 25.6 Å². The van der Waals surface area contributed by atoms with Crippen LogP contribution in [0.5, 0.6) is 5.75 Å². The standard InChI is InChI=1S/C22H22N2O4/c1-3-4-13-28-22(26)17-7-9-19(10-8-17)24-21(25)18(15-23)14-16-5-11-20(27-2)12-6-16/h5-12,14H,3-4,13H2,1-2H3,(H,24,25)/b18-14+. The van der Waals surface area contributed by atoms with E-state index in [0.717, 1.165) is 12.8 Å². The van der Waals surface area contributed by atoms with Gasteiger partial charge in [0.2, 0.25) is 0 Å².